The number of carbonyl (C=O) groups excluding carboxylic acids is 4. The normalized spacial score (nSPS) is 29.4. The van der Waals surface area contributed by atoms with Crippen LogP contribution in [0.2, 0.25) is 0 Å². The maximum atomic E-state index is 14.9. The molecule has 12 nitrogen and oxygen atoms in total. The smallest absolute Gasteiger partial charge is 0.307 e. The predicted molar refractivity (Wildman–Crippen MR) is 211 cm³/mol. The lowest BCUT2D eigenvalue weighted by Gasteiger charge is -2.34. The van der Waals surface area contributed by atoms with Gasteiger partial charge in [0.05, 0.1) is 47.5 Å². The average molecular weight is 790 g/mol. The van der Waals surface area contributed by atoms with E-state index in [0.29, 0.717) is 49.3 Å². The van der Waals surface area contributed by atoms with E-state index in [0.717, 1.165) is 41.3 Å². The van der Waals surface area contributed by atoms with E-state index in [-0.39, 0.29) is 43.4 Å². The van der Waals surface area contributed by atoms with E-state index in [9.17, 15) is 27.6 Å². The Morgan fingerprint density at radius 1 is 1.09 bits per heavy atom. The van der Waals surface area contributed by atoms with Crippen LogP contribution in [0.4, 0.5) is 0 Å². The molecule has 5 aliphatic rings. The number of esters is 1. The summed E-state index contributed by atoms with van der Waals surface area (Å²) in [4.78, 5) is 63.4. The topological polar surface area (TPSA) is 158 Å². The molecule has 0 unspecified atom stereocenters. The van der Waals surface area contributed by atoms with E-state index in [1.807, 2.05) is 50.3 Å². The van der Waals surface area contributed by atoms with Crippen LogP contribution in [-0.4, -0.2) is 77.5 Å². The second-order valence-electron chi connectivity index (χ2n) is 18.0. The van der Waals surface area contributed by atoms with Crippen LogP contribution in [0.25, 0.3) is 16.5 Å². The Morgan fingerprint density at radius 2 is 1.84 bits per heavy atom. The molecule has 2 saturated carbocycles. The van der Waals surface area contributed by atoms with Crippen LogP contribution in [-0.2, 0) is 33.9 Å². The number of allylic oxidation sites excluding steroid dienone is 3. The molecule has 1 aromatic heterocycles. The van der Waals surface area contributed by atoms with Gasteiger partial charge in [-0.2, -0.15) is 0 Å². The number of carbonyl (C=O) groups is 4. The number of nitrogens with one attached hydrogen (secondary N) is 1. The van der Waals surface area contributed by atoms with Gasteiger partial charge in [0.15, 0.2) is 5.78 Å². The molecule has 3 aliphatic heterocycles. The summed E-state index contributed by atoms with van der Waals surface area (Å²) in [6.45, 7) is 10.9. The lowest BCUT2D eigenvalue weighted by atomic mass is 9.86. The summed E-state index contributed by atoms with van der Waals surface area (Å²) in [5.41, 5.74) is 0.0586. The fourth-order valence-corrected chi connectivity index (χ4v) is 10.2. The van der Waals surface area contributed by atoms with Crippen molar-refractivity contribution in [2.75, 3.05) is 13.7 Å². The highest BCUT2D eigenvalue weighted by atomic mass is 32.2. The van der Waals surface area contributed by atoms with Gasteiger partial charge in [0, 0.05) is 29.7 Å². The van der Waals surface area contributed by atoms with Crippen molar-refractivity contribution >= 4 is 50.1 Å². The molecule has 0 radical (unpaired) electrons. The summed E-state index contributed by atoms with van der Waals surface area (Å²) in [6.07, 6.45) is 10.4. The van der Waals surface area contributed by atoms with Crippen molar-refractivity contribution in [3.8, 4) is 11.5 Å². The molecular weight excluding hydrogens is 735 g/mol. The Bertz CT molecular complexity index is 2150. The number of amides is 2. The van der Waals surface area contributed by atoms with Gasteiger partial charge in [-0.1, -0.05) is 25.0 Å². The third-order valence-electron chi connectivity index (χ3n) is 12.4. The molecule has 3 fully saturated rings. The monoisotopic (exact) mass is 789 g/mol. The molecule has 13 heteroatoms. The number of pyridine rings is 1. The Balaban J connectivity index is 1.27. The van der Waals surface area contributed by atoms with E-state index in [1.165, 1.54) is 0 Å². The summed E-state index contributed by atoms with van der Waals surface area (Å²) in [6, 6.07) is 4.67. The van der Waals surface area contributed by atoms with Gasteiger partial charge in [0.25, 0.3) is 0 Å². The molecule has 56 heavy (non-hydrogen) atoms. The van der Waals surface area contributed by atoms with Gasteiger partial charge < -0.3 is 19.1 Å². The lowest BCUT2D eigenvalue weighted by Crippen LogP contribution is -2.47. The minimum Gasteiger partial charge on any atom is -0.497 e. The Labute approximate surface area is 329 Å². The minimum absolute atomic E-state index is 0.0364. The largest absolute Gasteiger partial charge is 0.497 e. The molecule has 2 amide bonds. The van der Waals surface area contributed by atoms with Crippen molar-refractivity contribution in [1.82, 2.24) is 14.6 Å². The van der Waals surface area contributed by atoms with E-state index in [2.05, 4.69) is 4.72 Å². The van der Waals surface area contributed by atoms with Gasteiger partial charge in [-0.15, -0.1) is 0 Å². The maximum Gasteiger partial charge on any atom is 0.307 e. The van der Waals surface area contributed by atoms with Gasteiger partial charge in [-0.25, -0.2) is 13.4 Å². The Kier molecular flexibility index (Phi) is 10.2. The van der Waals surface area contributed by atoms with Gasteiger partial charge >= 0.3 is 5.97 Å². The molecule has 5 atom stereocenters. The second-order valence-corrected chi connectivity index (χ2v) is 20.2. The van der Waals surface area contributed by atoms with Crippen molar-refractivity contribution in [3.63, 3.8) is 0 Å². The number of methoxy groups -OCH3 is 1. The van der Waals surface area contributed by atoms with Crippen molar-refractivity contribution in [1.29, 1.82) is 0 Å². The second kappa shape index (κ2) is 14.3. The van der Waals surface area contributed by atoms with Crippen LogP contribution >= 0.6 is 0 Å². The van der Waals surface area contributed by atoms with Crippen molar-refractivity contribution < 1.29 is 41.8 Å². The molecule has 302 valence electrons. The van der Waals surface area contributed by atoms with Crippen LogP contribution in [0, 0.1) is 24.2 Å². The summed E-state index contributed by atoms with van der Waals surface area (Å²) in [5, 5.41) is 0.849. The highest BCUT2D eigenvalue weighted by Gasteiger charge is 2.63. The van der Waals surface area contributed by atoms with Gasteiger partial charge in [0.2, 0.25) is 21.8 Å². The number of hydrogen-bond acceptors (Lipinski definition) is 10. The zero-order valence-electron chi connectivity index (χ0n) is 33.7. The van der Waals surface area contributed by atoms with E-state index in [1.54, 1.807) is 39.7 Å². The lowest BCUT2D eigenvalue weighted by molar-refractivity contribution is -0.159. The predicted octanol–water partition coefficient (Wildman–Crippen LogP) is 6.52. The molecular formula is C43H55N3O9S. The van der Waals surface area contributed by atoms with Crippen molar-refractivity contribution in [2.45, 2.75) is 134 Å². The summed E-state index contributed by atoms with van der Waals surface area (Å²) in [7, 11) is -2.35. The molecule has 7 rings (SSSR count). The van der Waals surface area contributed by atoms with Crippen molar-refractivity contribution in [2.24, 2.45) is 17.3 Å². The van der Waals surface area contributed by atoms with E-state index < -0.39 is 55.2 Å². The van der Waals surface area contributed by atoms with Gasteiger partial charge in [0.1, 0.15) is 22.7 Å². The van der Waals surface area contributed by atoms with Gasteiger partial charge in [-0.3, -0.25) is 23.9 Å². The number of benzene rings is 1. The van der Waals surface area contributed by atoms with Crippen LogP contribution in [0.3, 0.4) is 0 Å². The van der Waals surface area contributed by atoms with Gasteiger partial charge in [-0.05, 0) is 116 Å². The van der Waals surface area contributed by atoms with E-state index in [4.69, 9.17) is 19.2 Å². The first-order valence-electron chi connectivity index (χ1n) is 19.9. The molecule has 1 spiro atoms. The Hall–Kier alpha value is -4.26. The first kappa shape index (κ1) is 40.0. The third kappa shape index (κ3) is 7.59. The van der Waals surface area contributed by atoms with Crippen molar-refractivity contribution in [3.05, 3.63) is 47.7 Å². The molecule has 2 aromatic rings. The molecule has 1 aromatic carbocycles. The summed E-state index contributed by atoms with van der Waals surface area (Å²) < 4.78 is 46.0. The van der Waals surface area contributed by atoms with Crippen LogP contribution in [0.15, 0.2) is 36.4 Å². The van der Waals surface area contributed by atoms with Crippen LogP contribution in [0.1, 0.15) is 117 Å². The number of fused-ring (bicyclic) bond motifs is 5. The first-order valence-corrected chi connectivity index (χ1v) is 21.4. The quantitative estimate of drug-likeness (QED) is 0.252. The molecule has 1 saturated heterocycles. The van der Waals surface area contributed by atoms with Crippen LogP contribution in [0.5, 0.6) is 11.5 Å². The highest BCUT2D eigenvalue weighted by molar-refractivity contribution is 7.91. The minimum atomic E-state index is -3.95. The zero-order chi connectivity index (χ0) is 40.4. The third-order valence-corrected chi connectivity index (χ3v) is 14.5. The highest BCUT2D eigenvalue weighted by Crippen LogP contribution is 2.58. The number of aryl methyl sites for hydroxylation is 1. The number of nitrogens with zero attached hydrogens (tertiary/aromatic N) is 2. The number of aromatic nitrogens is 1. The fraction of sp³-hybridized carbons (Fsp3) is 0.605. The molecule has 2 aliphatic carbocycles. The number of hydrogen-bond donors (Lipinski definition) is 1. The number of rotatable bonds is 6. The van der Waals surface area contributed by atoms with Crippen LogP contribution < -0.4 is 14.2 Å². The standard InChI is InChI=1S/C43H55N3O9S/c1-26-21-42(55-37-27(2)44-32-16-15-30(53-7)20-31(32)36(26)37)23-33-34(47)24-43(39(50)45-56(51,52)41(6)17-18-41)22-29(43)14-12-10-8-9-11-13-28(38(49)46(33)25-42)19-35(48)54-40(3,4)5/h12,14-16,20-21,28-29,33H,8-11,13,17-19,22-25H2,1-7H3,(H,45,50)/b14-12-/t28-,29-,33+,42-,43-/m1/s1. The Morgan fingerprint density at radius 3 is 2.54 bits per heavy atom. The fourth-order valence-electron chi connectivity index (χ4n) is 8.86. The number of ether oxygens (including phenoxy) is 3. The number of ketones is 1. The average Bonchev–Trinajstić information content (AvgIpc) is 4.01. The SMILES string of the molecule is COc1ccc2nc(C)c3c(c2c1)C(C)=C[C@]1(C[C@H]2C(=O)C[C@]4(C(=O)NS(=O)(=O)C5(C)CC5)C[C@H]4/C=C\CCCCC[C@H](CC(=O)OC(C)(C)C)C(=O)N2C1)O3. The first-order chi connectivity index (χ1) is 26.3. The molecule has 1 N–H and O–H groups in total. The van der Waals surface area contributed by atoms with E-state index >= 15 is 0 Å². The molecule has 4 heterocycles. The zero-order valence-corrected chi connectivity index (χ0v) is 34.5. The summed E-state index contributed by atoms with van der Waals surface area (Å²) in [5.74, 6) is -1.69. The summed E-state index contributed by atoms with van der Waals surface area (Å²) >= 11 is 0. The molecule has 0 bridgehead atoms. The maximum absolute atomic E-state index is 14.9. The number of Topliss-reactive ketones (excluding diaryl/α,β-unsaturated/α-hetero) is 1. The number of sulfonamides is 1.